The number of nitrogens with zero attached hydrogens (tertiary/aromatic N) is 2. The number of amides is 1. The standard InChI is InChI=1S/C25H29N3O4/c1-4-32-16-8-15-26-24(29)14-12-20-18-28(21-9-6-5-7-10-21)27-25(20)19-11-13-22(30-2)23(17-19)31-3/h5-7,9-14,17-18H,4,8,15-16H2,1-3H3,(H,26,29)/b14-12+. The van der Waals surface area contributed by atoms with Crippen LogP contribution in [0.15, 0.2) is 60.8 Å². The monoisotopic (exact) mass is 435 g/mol. The summed E-state index contributed by atoms with van der Waals surface area (Å²) >= 11 is 0. The minimum Gasteiger partial charge on any atom is -0.493 e. The van der Waals surface area contributed by atoms with E-state index in [1.807, 2.05) is 61.7 Å². The third kappa shape index (κ3) is 5.98. The van der Waals surface area contributed by atoms with Gasteiger partial charge in [-0.1, -0.05) is 18.2 Å². The normalized spacial score (nSPS) is 11.0. The fourth-order valence-corrected chi connectivity index (χ4v) is 3.18. The Morgan fingerprint density at radius 1 is 1.09 bits per heavy atom. The molecule has 32 heavy (non-hydrogen) atoms. The van der Waals surface area contributed by atoms with Crippen LogP contribution in [0.5, 0.6) is 11.5 Å². The topological polar surface area (TPSA) is 74.6 Å². The van der Waals surface area contributed by atoms with Crippen LogP contribution in [-0.4, -0.2) is 49.7 Å². The van der Waals surface area contributed by atoms with Gasteiger partial charge in [0.2, 0.25) is 5.91 Å². The molecule has 0 radical (unpaired) electrons. The molecule has 1 heterocycles. The summed E-state index contributed by atoms with van der Waals surface area (Å²) in [5.41, 5.74) is 3.32. The summed E-state index contributed by atoms with van der Waals surface area (Å²) in [6, 6.07) is 15.5. The SMILES string of the molecule is CCOCCCNC(=O)/C=C/c1cn(-c2ccccc2)nc1-c1ccc(OC)c(OC)c1. The van der Waals surface area contributed by atoms with Crippen molar-refractivity contribution in [1.29, 1.82) is 0 Å². The summed E-state index contributed by atoms with van der Waals surface area (Å²) in [7, 11) is 3.20. The Labute approximate surface area is 188 Å². The van der Waals surface area contributed by atoms with Crippen LogP contribution in [0.4, 0.5) is 0 Å². The van der Waals surface area contributed by atoms with Gasteiger partial charge in [-0.05, 0) is 49.8 Å². The summed E-state index contributed by atoms with van der Waals surface area (Å²) in [6.07, 6.45) is 5.98. The predicted molar refractivity (Wildman–Crippen MR) is 125 cm³/mol. The molecule has 1 amide bonds. The number of hydrogen-bond acceptors (Lipinski definition) is 5. The van der Waals surface area contributed by atoms with Gasteiger partial charge in [-0.25, -0.2) is 4.68 Å². The smallest absolute Gasteiger partial charge is 0.244 e. The number of carbonyl (C=O) groups is 1. The quantitative estimate of drug-likeness (QED) is 0.362. The zero-order valence-electron chi connectivity index (χ0n) is 18.7. The van der Waals surface area contributed by atoms with Crippen molar-refractivity contribution in [2.75, 3.05) is 34.0 Å². The number of hydrogen-bond donors (Lipinski definition) is 1. The molecule has 0 aliphatic carbocycles. The average Bonchev–Trinajstić information content (AvgIpc) is 3.27. The highest BCUT2D eigenvalue weighted by Gasteiger charge is 2.14. The zero-order chi connectivity index (χ0) is 22.8. The molecular weight excluding hydrogens is 406 g/mol. The molecule has 0 atom stereocenters. The number of aromatic nitrogens is 2. The first-order chi connectivity index (χ1) is 15.7. The maximum Gasteiger partial charge on any atom is 0.244 e. The third-order valence-electron chi connectivity index (χ3n) is 4.80. The molecule has 2 aromatic carbocycles. The zero-order valence-corrected chi connectivity index (χ0v) is 18.7. The molecule has 1 aromatic heterocycles. The first-order valence-corrected chi connectivity index (χ1v) is 10.6. The summed E-state index contributed by atoms with van der Waals surface area (Å²) in [5.74, 6) is 1.09. The van der Waals surface area contributed by atoms with Gasteiger partial charge in [0.05, 0.1) is 19.9 Å². The molecule has 1 N–H and O–H groups in total. The number of rotatable bonds is 11. The molecule has 0 aliphatic heterocycles. The number of carbonyl (C=O) groups excluding carboxylic acids is 1. The van der Waals surface area contributed by atoms with E-state index in [1.165, 1.54) is 6.08 Å². The van der Waals surface area contributed by atoms with E-state index in [2.05, 4.69) is 5.32 Å². The van der Waals surface area contributed by atoms with Gasteiger partial charge in [0.15, 0.2) is 11.5 Å². The number of nitrogens with one attached hydrogen (secondary N) is 1. The second-order valence-electron chi connectivity index (χ2n) is 6.96. The van der Waals surface area contributed by atoms with Crippen molar-refractivity contribution in [3.63, 3.8) is 0 Å². The van der Waals surface area contributed by atoms with Crippen molar-refractivity contribution in [2.45, 2.75) is 13.3 Å². The first kappa shape index (κ1) is 23.1. The van der Waals surface area contributed by atoms with E-state index in [0.717, 1.165) is 28.9 Å². The van der Waals surface area contributed by atoms with E-state index in [0.29, 0.717) is 31.3 Å². The van der Waals surface area contributed by atoms with E-state index in [1.54, 1.807) is 25.0 Å². The lowest BCUT2D eigenvalue weighted by Gasteiger charge is -2.09. The van der Waals surface area contributed by atoms with Crippen molar-refractivity contribution in [3.05, 3.63) is 66.4 Å². The lowest BCUT2D eigenvalue weighted by atomic mass is 10.1. The molecule has 7 heteroatoms. The van der Waals surface area contributed by atoms with Crippen LogP contribution >= 0.6 is 0 Å². The molecule has 0 saturated heterocycles. The van der Waals surface area contributed by atoms with Crippen LogP contribution in [0.2, 0.25) is 0 Å². The molecule has 0 unspecified atom stereocenters. The largest absolute Gasteiger partial charge is 0.493 e. The van der Waals surface area contributed by atoms with Crippen molar-refractivity contribution in [2.24, 2.45) is 0 Å². The minimum absolute atomic E-state index is 0.160. The molecule has 3 aromatic rings. The van der Waals surface area contributed by atoms with E-state index in [4.69, 9.17) is 19.3 Å². The summed E-state index contributed by atoms with van der Waals surface area (Å²) < 4.78 is 17.9. The van der Waals surface area contributed by atoms with Gasteiger partial charge in [-0.15, -0.1) is 0 Å². The molecule has 0 fully saturated rings. The molecule has 168 valence electrons. The Balaban J connectivity index is 1.87. The number of benzene rings is 2. The second-order valence-corrected chi connectivity index (χ2v) is 6.96. The van der Waals surface area contributed by atoms with Crippen molar-refractivity contribution < 1.29 is 19.0 Å². The van der Waals surface area contributed by atoms with E-state index < -0.39 is 0 Å². The van der Waals surface area contributed by atoms with Crippen LogP contribution in [0.3, 0.4) is 0 Å². The lowest BCUT2D eigenvalue weighted by molar-refractivity contribution is -0.116. The summed E-state index contributed by atoms with van der Waals surface area (Å²) in [5, 5.41) is 7.65. The van der Waals surface area contributed by atoms with Gasteiger partial charge in [0.25, 0.3) is 0 Å². The number of para-hydroxylation sites is 1. The Morgan fingerprint density at radius 3 is 2.59 bits per heavy atom. The summed E-state index contributed by atoms with van der Waals surface area (Å²) in [4.78, 5) is 12.3. The van der Waals surface area contributed by atoms with Gasteiger partial charge < -0.3 is 19.5 Å². The Hall–Kier alpha value is -3.58. The molecular formula is C25H29N3O4. The molecule has 3 rings (SSSR count). The Kier molecular flexibility index (Phi) is 8.45. The maximum absolute atomic E-state index is 12.3. The van der Waals surface area contributed by atoms with Crippen molar-refractivity contribution in [1.82, 2.24) is 15.1 Å². The number of methoxy groups -OCH3 is 2. The molecule has 0 bridgehead atoms. The Bertz CT molecular complexity index is 1040. The first-order valence-electron chi connectivity index (χ1n) is 10.6. The van der Waals surface area contributed by atoms with Crippen molar-refractivity contribution >= 4 is 12.0 Å². The minimum atomic E-state index is -0.160. The third-order valence-corrected chi connectivity index (χ3v) is 4.80. The predicted octanol–water partition coefficient (Wildman–Crippen LogP) is 4.11. The maximum atomic E-state index is 12.3. The second kappa shape index (κ2) is 11.7. The fraction of sp³-hybridized carbons (Fsp3) is 0.280. The van der Waals surface area contributed by atoms with Gasteiger partial charge in [0.1, 0.15) is 5.69 Å². The molecule has 0 spiro atoms. The molecule has 0 saturated carbocycles. The van der Waals surface area contributed by atoms with Crippen LogP contribution in [0.25, 0.3) is 23.0 Å². The van der Waals surface area contributed by atoms with Crippen LogP contribution in [0.1, 0.15) is 18.9 Å². The van der Waals surface area contributed by atoms with Gasteiger partial charge in [-0.2, -0.15) is 5.10 Å². The highest BCUT2D eigenvalue weighted by atomic mass is 16.5. The molecule has 7 nitrogen and oxygen atoms in total. The van der Waals surface area contributed by atoms with Crippen LogP contribution < -0.4 is 14.8 Å². The Morgan fingerprint density at radius 2 is 1.88 bits per heavy atom. The number of ether oxygens (including phenoxy) is 3. The van der Waals surface area contributed by atoms with Crippen LogP contribution in [0, 0.1) is 0 Å². The lowest BCUT2D eigenvalue weighted by Crippen LogP contribution is -2.23. The fourth-order valence-electron chi connectivity index (χ4n) is 3.18. The van der Waals surface area contributed by atoms with Gasteiger partial charge in [-0.3, -0.25) is 4.79 Å². The molecule has 0 aliphatic rings. The van der Waals surface area contributed by atoms with Crippen LogP contribution in [-0.2, 0) is 9.53 Å². The van der Waals surface area contributed by atoms with E-state index in [-0.39, 0.29) is 5.91 Å². The van der Waals surface area contributed by atoms with Crippen molar-refractivity contribution in [3.8, 4) is 28.4 Å². The highest BCUT2D eigenvalue weighted by molar-refractivity contribution is 5.92. The summed E-state index contributed by atoms with van der Waals surface area (Å²) in [6.45, 7) is 3.83. The van der Waals surface area contributed by atoms with Gasteiger partial charge >= 0.3 is 0 Å². The highest BCUT2D eigenvalue weighted by Crippen LogP contribution is 2.33. The van der Waals surface area contributed by atoms with Gasteiger partial charge in [0, 0.05) is 43.2 Å². The average molecular weight is 436 g/mol. The van der Waals surface area contributed by atoms with E-state index in [9.17, 15) is 4.79 Å². The van der Waals surface area contributed by atoms with E-state index >= 15 is 0 Å².